The van der Waals surface area contributed by atoms with E-state index in [0.717, 1.165) is 6.92 Å². The predicted molar refractivity (Wildman–Crippen MR) is 137 cm³/mol. The average Bonchev–Trinajstić information content (AvgIpc) is 2.94. The SMILES string of the molecule is CC(=O)C(OC[C@]1(O)C[C@H](O)[C@@H](N)[C@H]([C@H](O)[C@H](O)CO)O1)[C@H]1O[C@@H](O[C@H]2[C@H](O)[C@@H](O)[C@@H](O)O[C@@H]2CO)[C@H](O)[C@@H](O)[C@H]1O.[NaH]. The van der Waals surface area contributed by atoms with Crippen molar-refractivity contribution >= 4 is 35.3 Å². The Morgan fingerprint density at radius 1 is 0.953 bits per heavy atom. The number of rotatable bonds is 11. The fourth-order valence-corrected chi connectivity index (χ4v) is 5.07. The van der Waals surface area contributed by atoms with Crippen LogP contribution in [0, 0.1) is 0 Å². The van der Waals surface area contributed by atoms with Crippen molar-refractivity contribution in [2.24, 2.45) is 5.73 Å². The second kappa shape index (κ2) is 16.2. The molecular weight excluding hydrogens is 601 g/mol. The van der Waals surface area contributed by atoms with Gasteiger partial charge in [-0.05, 0) is 6.92 Å². The second-order valence-electron chi connectivity index (χ2n) is 10.7. The van der Waals surface area contributed by atoms with Gasteiger partial charge in [-0.15, -0.1) is 0 Å². The Hall–Kier alpha value is -0.0500. The molecule has 14 N–H and O–H groups in total. The van der Waals surface area contributed by atoms with Crippen molar-refractivity contribution in [3.63, 3.8) is 0 Å². The van der Waals surface area contributed by atoms with E-state index in [1.165, 1.54) is 0 Å². The Labute approximate surface area is 267 Å². The fraction of sp³-hybridized carbons (Fsp3) is 0.957. The molecule has 3 fully saturated rings. The molecule has 0 aromatic rings. The van der Waals surface area contributed by atoms with E-state index in [1.54, 1.807) is 0 Å². The first-order chi connectivity index (χ1) is 19.6. The van der Waals surface area contributed by atoms with Gasteiger partial charge in [0, 0.05) is 6.42 Å². The molecule has 0 aliphatic carbocycles. The summed E-state index contributed by atoms with van der Waals surface area (Å²) in [6.45, 7) is -1.67. The molecule has 0 bridgehead atoms. The van der Waals surface area contributed by atoms with Gasteiger partial charge in [0.25, 0.3) is 0 Å². The quantitative estimate of drug-likeness (QED) is 0.0929. The van der Waals surface area contributed by atoms with Crippen LogP contribution in [-0.2, 0) is 28.5 Å². The molecule has 0 radical (unpaired) electrons. The third kappa shape index (κ3) is 8.66. The number of carbonyl (C=O) groups excluding carboxylic acids is 1. The number of hydrogen-bond donors (Lipinski definition) is 13. The molecule has 0 saturated carbocycles. The number of aliphatic hydroxyl groups is 12. The van der Waals surface area contributed by atoms with Crippen LogP contribution < -0.4 is 5.73 Å². The summed E-state index contributed by atoms with van der Waals surface area (Å²) in [5.41, 5.74) is 5.82. The summed E-state index contributed by atoms with van der Waals surface area (Å²) in [4.78, 5) is 12.5. The summed E-state index contributed by atoms with van der Waals surface area (Å²) in [5.74, 6) is -3.27. The van der Waals surface area contributed by atoms with Crippen LogP contribution in [0.5, 0.6) is 0 Å². The van der Waals surface area contributed by atoms with Gasteiger partial charge in [-0.25, -0.2) is 0 Å². The van der Waals surface area contributed by atoms with Crippen LogP contribution in [0.4, 0.5) is 0 Å². The van der Waals surface area contributed by atoms with E-state index in [4.69, 9.17) is 34.5 Å². The van der Waals surface area contributed by atoms with Crippen molar-refractivity contribution in [1.29, 1.82) is 0 Å². The number of Topliss-reactive ketones (excluding diaryl/α,β-unsaturated/α-hetero) is 1. The van der Waals surface area contributed by atoms with Gasteiger partial charge in [-0.2, -0.15) is 0 Å². The molecule has 1 unspecified atom stereocenters. The number of carbonyl (C=O) groups is 1. The zero-order valence-corrected chi connectivity index (χ0v) is 22.5. The third-order valence-electron chi connectivity index (χ3n) is 7.55. The maximum atomic E-state index is 12.5. The molecule has 17 atom stereocenters. The average molecular weight is 644 g/mol. The first-order valence-corrected chi connectivity index (χ1v) is 13.1. The van der Waals surface area contributed by atoms with Crippen LogP contribution in [0.2, 0.25) is 0 Å². The van der Waals surface area contributed by atoms with Gasteiger partial charge in [-0.1, -0.05) is 0 Å². The van der Waals surface area contributed by atoms with Crippen molar-refractivity contribution in [2.45, 2.75) is 117 Å². The standard InChI is InChI=1S/C23H41NO18.Na.H/c1-6(27)17(38-5-23(37)2-7(28)10(24)19(42-23)11(30)8(29)3-25)20-13(32)12(31)16(35)22(41-20)40-18-9(4-26)39-21(36)15(34)14(18)33;;/h7-22,25-26,28-37H,2-5,24H2,1H3;;/t7-,8+,9+,10+,11+,12-,13+,14+,15+,16+,17?,18+,19+,20-,21-,22+,23-;;/m0../s1. The molecule has 0 aromatic carbocycles. The summed E-state index contributed by atoms with van der Waals surface area (Å²) >= 11 is 0. The van der Waals surface area contributed by atoms with E-state index in [9.17, 15) is 61.0 Å². The fourth-order valence-electron chi connectivity index (χ4n) is 5.07. The molecule has 0 amide bonds. The van der Waals surface area contributed by atoms with E-state index in [-0.39, 0.29) is 29.6 Å². The molecular formula is C23H42NNaO18. The van der Waals surface area contributed by atoms with Gasteiger partial charge >= 0.3 is 29.6 Å². The Balaban J connectivity index is 0.00000645. The van der Waals surface area contributed by atoms with Crippen molar-refractivity contribution < 1.29 is 89.8 Å². The molecule has 3 aliphatic rings. The van der Waals surface area contributed by atoms with Crippen LogP contribution in [0.25, 0.3) is 0 Å². The molecule has 43 heavy (non-hydrogen) atoms. The monoisotopic (exact) mass is 643 g/mol. The summed E-state index contributed by atoms with van der Waals surface area (Å²) in [6, 6.07) is -1.32. The minimum absolute atomic E-state index is 0. The molecule has 0 aromatic heterocycles. The molecule has 3 heterocycles. The molecule has 0 spiro atoms. The summed E-state index contributed by atoms with van der Waals surface area (Å²) in [5, 5.41) is 122. The van der Waals surface area contributed by atoms with E-state index in [1.807, 2.05) is 0 Å². The Kier molecular flexibility index (Phi) is 14.7. The van der Waals surface area contributed by atoms with Crippen LogP contribution in [0.1, 0.15) is 13.3 Å². The van der Waals surface area contributed by atoms with Crippen LogP contribution in [0.3, 0.4) is 0 Å². The van der Waals surface area contributed by atoms with Gasteiger partial charge in [0.1, 0.15) is 79.9 Å². The molecule has 3 rings (SSSR count). The molecule has 19 nitrogen and oxygen atoms in total. The van der Waals surface area contributed by atoms with Crippen molar-refractivity contribution in [3.8, 4) is 0 Å². The van der Waals surface area contributed by atoms with E-state index < -0.39 is 136 Å². The van der Waals surface area contributed by atoms with Crippen molar-refractivity contribution in [1.82, 2.24) is 0 Å². The summed E-state index contributed by atoms with van der Waals surface area (Å²) < 4.78 is 26.8. The minimum atomic E-state index is -2.44. The van der Waals surface area contributed by atoms with Gasteiger partial charge in [0.05, 0.1) is 25.4 Å². The first kappa shape index (κ1) is 39.1. The second-order valence-corrected chi connectivity index (χ2v) is 10.7. The normalized spacial score (nSPS) is 46.0. The van der Waals surface area contributed by atoms with E-state index >= 15 is 0 Å². The summed E-state index contributed by atoms with van der Waals surface area (Å²) in [6.07, 6.45) is -27.7. The zero-order chi connectivity index (χ0) is 31.7. The number of nitrogens with two attached hydrogens (primary N) is 1. The number of hydrogen-bond acceptors (Lipinski definition) is 19. The van der Waals surface area contributed by atoms with Gasteiger partial charge in [0.15, 0.2) is 24.2 Å². The van der Waals surface area contributed by atoms with Crippen LogP contribution in [0.15, 0.2) is 0 Å². The molecule has 3 aliphatic heterocycles. The summed E-state index contributed by atoms with van der Waals surface area (Å²) in [7, 11) is 0. The maximum absolute atomic E-state index is 12.5. The first-order valence-electron chi connectivity index (χ1n) is 13.1. The van der Waals surface area contributed by atoms with Gasteiger partial charge < -0.3 is 90.7 Å². The van der Waals surface area contributed by atoms with Crippen LogP contribution >= 0.6 is 0 Å². The third-order valence-corrected chi connectivity index (χ3v) is 7.55. The zero-order valence-electron chi connectivity index (χ0n) is 22.5. The van der Waals surface area contributed by atoms with Gasteiger partial charge in [0.2, 0.25) is 0 Å². The van der Waals surface area contributed by atoms with Crippen molar-refractivity contribution in [3.05, 3.63) is 0 Å². The molecule has 3 saturated heterocycles. The van der Waals surface area contributed by atoms with Crippen LogP contribution in [-0.4, -0.2) is 220 Å². The number of aliphatic hydroxyl groups excluding tert-OH is 11. The Morgan fingerprint density at radius 3 is 2.14 bits per heavy atom. The van der Waals surface area contributed by atoms with E-state index in [2.05, 4.69) is 0 Å². The van der Waals surface area contributed by atoms with E-state index in [0.29, 0.717) is 0 Å². The topological polar surface area (TPSA) is 332 Å². The Morgan fingerprint density at radius 2 is 1.58 bits per heavy atom. The number of ketones is 1. The molecule has 20 heteroatoms. The Bertz CT molecular complexity index is 891. The van der Waals surface area contributed by atoms with Gasteiger partial charge in [-0.3, -0.25) is 4.79 Å². The number of ether oxygens (including phenoxy) is 5. The molecule has 248 valence electrons. The van der Waals surface area contributed by atoms with Crippen molar-refractivity contribution in [2.75, 3.05) is 19.8 Å². The predicted octanol–water partition coefficient (Wildman–Crippen LogP) is -9.18.